The average Bonchev–Trinajstić information content (AvgIpc) is 2.54. The maximum atomic E-state index is 12.4. The molecule has 0 saturated heterocycles. The Morgan fingerprint density at radius 1 is 1.38 bits per heavy atom. The van der Waals surface area contributed by atoms with Crippen LogP contribution in [0.4, 0.5) is 5.69 Å². The molecule has 1 aliphatic rings. The van der Waals surface area contributed by atoms with Gasteiger partial charge in [0.15, 0.2) is 0 Å². The average molecular weight is 288 g/mol. The number of fused-ring (bicyclic) bond motifs is 1. The molecule has 1 amide bonds. The number of nitrogens with one attached hydrogen (secondary N) is 2. The van der Waals surface area contributed by atoms with Crippen molar-refractivity contribution in [3.63, 3.8) is 0 Å². The first-order valence-corrected chi connectivity index (χ1v) is 8.34. The quantitative estimate of drug-likeness (QED) is 0.805. The molecule has 0 spiro atoms. The minimum atomic E-state index is 0.0589. The molecular formula is C18H28N2O. The Bertz CT molecular complexity index is 458. The molecule has 2 atom stereocenters. The van der Waals surface area contributed by atoms with Crippen molar-refractivity contribution in [2.24, 2.45) is 11.8 Å². The lowest BCUT2D eigenvalue weighted by Crippen LogP contribution is -2.40. The van der Waals surface area contributed by atoms with Gasteiger partial charge in [0.1, 0.15) is 0 Å². The second kappa shape index (κ2) is 8.06. The Kier molecular flexibility index (Phi) is 6.09. The van der Waals surface area contributed by atoms with Gasteiger partial charge in [0.2, 0.25) is 5.91 Å². The molecule has 0 bridgehead atoms. The summed E-state index contributed by atoms with van der Waals surface area (Å²) in [7, 11) is 0. The number of anilines is 1. The first-order valence-electron chi connectivity index (χ1n) is 8.34. The predicted octanol–water partition coefficient (Wildman–Crippen LogP) is 3.60. The van der Waals surface area contributed by atoms with Crippen molar-refractivity contribution < 1.29 is 4.79 Å². The van der Waals surface area contributed by atoms with Crippen LogP contribution >= 0.6 is 0 Å². The van der Waals surface area contributed by atoms with Crippen LogP contribution in [0.3, 0.4) is 0 Å². The van der Waals surface area contributed by atoms with E-state index in [0.717, 1.165) is 25.9 Å². The Hall–Kier alpha value is -1.51. The highest BCUT2D eigenvalue weighted by Gasteiger charge is 2.24. The van der Waals surface area contributed by atoms with Crippen LogP contribution < -0.4 is 10.6 Å². The highest BCUT2D eigenvalue weighted by Crippen LogP contribution is 2.24. The highest BCUT2D eigenvalue weighted by atomic mass is 16.1. The van der Waals surface area contributed by atoms with Crippen LogP contribution in [0.5, 0.6) is 0 Å². The summed E-state index contributed by atoms with van der Waals surface area (Å²) in [6, 6.07) is 8.27. The molecule has 1 aromatic carbocycles. The third-order valence-electron chi connectivity index (χ3n) is 4.50. The molecule has 0 aromatic heterocycles. The van der Waals surface area contributed by atoms with Gasteiger partial charge in [-0.05, 0) is 30.4 Å². The minimum absolute atomic E-state index is 0.0589. The van der Waals surface area contributed by atoms with E-state index in [0.29, 0.717) is 5.92 Å². The van der Waals surface area contributed by atoms with E-state index in [1.165, 1.54) is 30.5 Å². The van der Waals surface area contributed by atoms with Gasteiger partial charge in [0, 0.05) is 18.8 Å². The molecule has 3 heteroatoms. The summed E-state index contributed by atoms with van der Waals surface area (Å²) in [4.78, 5) is 12.4. The number of amides is 1. The summed E-state index contributed by atoms with van der Waals surface area (Å²) in [5, 5.41) is 6.53. The summed E-state index contributed by atoms with van der Waals surface area (Å²) in [6.07, 6.45) is 5.70. The fourth-order valence-electron chi connectivity index (χ4n) is 2.96. The second-order valence-electron chi connectivity index (χ2n) is 6.10. The van der Waals surface area contributed by atoms with E-state index in [4.69, 9.17) is 0 Å². The van der Waals surface area contributed by atoms with Crippen molar-refractivity contribution in [2.75, 3.05) is 18.4 Å². The van der Waals surface area contributed by atoms with E-state index >= 15 is 0 Å². The summed E-state index contributed by atoms with van der Waals surface area (Å²) in [6.45, 7) is 6.00. The molecule has 2 rings (SSSR count). The smallest absolute Gasteiger partial charge is 0.225 e. The van der Waals surface area contributed by atoms with Gasteiger partial charge < -0.3 is 10.6 Å². The summed E-state index contributed by atoms with van der Waals surface area (Å²) >= 11 is 0. The van der Waals surface area contributed by atoms with Gasteiger partial charge in [0.05, 0.1) is 5.92 Å². The SMILES string of the molecule is CCCCC(CC)CNC(=O)C1CNc2ccccc2C1. The number of benzene rings is 1. The molecule has 0 fully saturated rings. The summed E-state index contributed by atoms with van der Waals surface area (Å²) in [5.41, 5.74) is 2.43. The maximum Gasteiger partial charge on any atom is 0.225 e. The summed E-state index contributed by atoms with van der Waals surface area (Å²) in [5.74, 6) is 0.883. The molecule has 2 unspecified atom stereocenters. The lowest BCUT2D eigenvalue weighted by atomic mass is 9.93. The van der Waals surface area contributed by atoms with Crippen molar-refractivity contribution in [2.45, 2.75) is 46.0 Å². The number of carbonyl (C=O) groups excluding carboxylic acids is 1. The van der Waals surface area contributed by atoms with Gasteiger partial charge in [-0.25, -0.2) is 0 Å². The fourth-order valence-corrected chi connectivity index (χ4v) is 2.96. The highest BCUT2D eigenvalue weighted by molar-refractivity contribution is 5.80. The molecule has 3 nitrogen and oxygen atoms in total. The van der Waals surface area contributed by atoms with E-state index in [1.807, 2.05) is 12.1 Å². The Labute approximate surface area is 128 Å². The maximum absolute atomic E-state index is 12.4. The minimum Gasteiger partial charge on any atom is -0.384 e. The van der Waals surface area contributed by atoms with Gasteiger partial charge in [-0.1, -0.05) is 51.3 Å². The number of unbranched alkanes of at least 4 members (excludes halogenated alkanes) is 1. The molecule has 0 radical (unpaired) electrons. The van der Waals surface area contributed by atoms with Crippen molar-refractivity contribution in [3.8, 4) is 0 Å². The monoisotopic (exact) mass is 288 g/mol. The van der Waals surface area contributed by atoms with E-state index in [1.54, 1.807) is 0 Å². The van der Waals surface area contributed by atoms with E-state index < -0.39 is 0 Å². The second-order valence-corrected chi connectivity index (χ2v) is 6.10. The lowest BCUT2D eigenvalue weighted by molar-refractivity contribution is -0.124. The van der Waals surface area contributed by atoms with E-state index in [9.17, 15) is 4.79 Å². The number of hydrogen-bond acceptors (Lipinski definition) is 2. The lowest BCUT2D eigenvalue weighted by Gasteiger charge is -2.26. The number of rotatable bonds is 7. The van der Waals surface area contributed by atoms with Gasteiger partial charge in [-0.2, -0.15) is 0 Å². The van der Waals surface area contributed by atoms with Crippen LogP contribution in [0.25, 0.3) is 0 Å². The third-order valence-corrected chi connectivity index (χ3v) is 4.50. The zero-order valence-electron chi connectivity index (χ0n) is 13.3. The van der Waals surface area contributed by atoms with Crippen molar-refractivity contribution in [3.05, 3.63) is 29.8 Å². The first kappa shape index (κ1) is 15.9. The molecule has 1 aliphatic heterocycles. The van der Waals surface area contributed by atoms with E-state index in [-0.39, 0.29) is 11.8 Å². The zero-order chi connectivity index (χ0) is 15.1. The Balaban J connectivity index is 1.82. The van der Waals surface area contributed by atoms with Crippen LogP contribution in [0.2, 0.25) is 0 Å². The Morgan fingerprint density at radius 3 is 2.95 bits per heavy atom. The van der Waals surface area contributed by atoms with E-state index in [2.05, 4.69) is 36.6 Å². The van der Waals surface area contributed by atoms with Crippen LogP contribution in [0.1, 0.15) is 45.1 Å². The van der Waals surface area contributed by atoms with Crippen molar-refractivity contribution >= 4 is 11.6 Å². The molecule has 0 saturated carbocycles. The molecule has 116 valence electrons. The fraction of sp³-hybridized carbons (Fsp3) is 0.611. The number of para-hydroxylation sites is 1. The van der Waals surface area contributed by atoms with Crippen LogP contribution in [-0.2, 0) is 11.2 Å². The molecule has 1 heterocycles. The van der Waals surface area contributed by atoms with Gasteiger partial charge in [-0.15, -0.1) is 0 Å². The van der Waals surface area contributed by atoms with Crippen molar-refractivity contribution in [1.82, 2.24) is 5.32 Å². The van der Waals surface area contributed by atoms with Crippen molar-refractivity contribution in [1.29, 1.82) is 0 Å². The topological polar surface area (TPSA) is 41.1 Å². The Morgan fingerprint density at radius 2 is 2.19 bits per heavy atom. The molecular weight excluding hydrogens is 260 g/mol. The van der Waals surface area contributed by atoms with Gasteiger partial charge >= 0.3 is 0 Å². The third kappa shape index (κ3) is 4.48. The normalized spacial score (nSPS) is 18.5. The first-order chi connectivity index (χ1) is 10.2. The van der Waals surface area contributed by atoms with Crippen LogP contribution in [-0.4, -0.2) is 19.0 Å². The zero-order valence-corrected chi connectivity index (χ0v) is 13.3. The molecule has 0 aliphatic carbocycles. The molecule has 21 heavy (non-hydrogen) atoms. The largest absolute Gasteiger partial charge is 0.384 e. The predicted molar refractivity (Wildman–Crippen MR) is 88.4 cm³/mol. The van der Waals surface area contributed by atoms with Crippen LogP contribution in [0, 0.1) is 11.8 Å². The number of hydrogen-bond donors (Lipinski definition) is 2. The standard InChI is InChI=1S/C18H28N2O/c1-3-5-8-14(4-2)12-20-18(21)16-11-15-9-6-7-10-17(15)19-13-16/h6-7,9-10,14,16,19H,3-5,8,11-13H2,1-2H3,(H,20,21). The van der Waals surface area contributed by atoms with Gasteiger partial charge in [-0.3, -0.25) is 4.79 Å². The molecule has 2 N–H and O–H groups in total. The number of carbonyl (C=O) groups is 1. The van der Waals surface area contributed by atoms with Crippen LogP contribution in [0.15, 0.2) is 24.3 Å². The summed E-state index contributed by atoms with van der Waals surface area (Å²) < 4.78 is 0. The van der Waals surface area contributed by atoms with Gasteiger partial charge in [0.25, 0.3) is 0 Å². The molecule has 1 aromatic rings.